The monoisotopic (exact) mass is 418 g/mol. The second-order valence-electron chi connectivity index (χ2n) is 4.96. The van der Waals surface area contributed by atoms with E-state index in [-0.39, 0.29) is 76.8 Å². The summed E-state index contributed by atoms with van der Waals surface area (Å²) < 4.78 is 16.4. The molecule has 0 aliphatic carbocycles. The summed E-state index contributed by atoms with van der Waals surface area (Å²) in [5.41, 5.74) is 11.2. The van der Waals surface area contributed by atoms with Crippen LogP contribution in [0.25, 0.3) is 0 Å². The maximum absolute atomic E-state index is 5.60. The van der Waals surface area contributed by atoms with Crippen LogP contribution in [-0.4, -0.2) is 51.2 Å². The molecule has 0 spiro atoms. The van der Waals surface area contributed by atoms with Gasteiger partial charge in [0.25, 0.3) is 0 Å². The molecule has 0 aromatic carbocycles. The summed E-state index contributed by atoms with van der Waals surface area (Å²) in [7, 11) is 0. The predicted molar refractivity (Wildman–Crippen MR) is 95.4 cm³/mol. The van der Waals surface area contributed by atoms with Crippen molar-refractivity contribution in [3.8, 4) is 0 Å². The van der Waals surface area contributed by atoms with Gasteiger partial charge in [0.2, 0.25) is 0 Å². The van der Waals surface area contributed by atoms with Crippen molar-refractivity contribution in [2.75, 3.05) is 33.0 Å². The van der Waals surface area contributed by atoms with Crippen LogP contribution in [0.3, 0.4) is 0 Å². The Labute approximate surface area is 168 Å². The maximum Gasteiger partial charge on any atom is 0.0781 e. The molecule has 8 nitrogen and oxygen atoms in total. The fraction of sp³-hybridized carbons (Fsp3) is 1.00. The Morgan fingerprint density at radius 2 is 1.13 bits per heavy atom. The molecule has 23 heavy (non-hydrogen) atoms. The third-order valence-corrected chi connectivity index (χ3v) is 2.20. The summed E-state index contributed by atoms with van der Waals surface area (Å²) >= 11 is 0. The van der Waals surface area contributed by atoms with Gasteiger partial charge in [0.1, 0.15) is 0 Å². The zero-order chi connectivity index (χ0) is 13.8. The van der Waals surface area contributed by atoms with Crippen LogP contribution in [0.1, 0.15) is 41.0 Å². The van der Waals surface area contributed by atoms with Crippen LogP contribution in [0.15, 0.2) is 0 Å². The molecule has 0 fully saturated rings. The van der Waals surface area contributed by atoms with Crippen molar-refractivity contribution in [1.82, 2.24) is 18.5 Å². The number of unbranched alkanes of at least 4 members (excludes halogenated alkanes) is 1. The molecule has 145 valence electrons. The Kier molecular flexibility index (Phi) is 46.9. The zero-order valence-electron chi connectivity index (χ0n) is 14.8. The molecule has 0 heterocycles. The Morgan fingerprint density at radius 3 is 1.52 bits per heavy atom. The maximum atomic E-state index is 5.60. The van der Waals surface area contributed by atoms with Gasteiger partial charge in [-0.15, -0.1) is 0 Å². The molecular weight excluding hydrogens is 375 g/mol. The molecule has 3 unspecified atom stereocenters. The SMILES string of the molecule is C.CC(N)COCCCCOCC(C)OCC(C)N.N.N.N.[Y]. The summed E-state index contributed by atoms with van der Waals surface area (Å²) in [4.78, 5) is 0. The minimum atomic E-state index is 0. The first-order valence-electron chi connectivity index (χ1n) is 6.80. The largest absolute Gasteiger partial charge is 0.380 e. The van der Waals surface area contributed by atoms with E-state index in [4.69, 9.17) is 25.7 Å². The predicted octanol–water partition coefficient (Wildman–Crippen LogP) is 2.02. The molecule has 0 aromatic heterocycles. The van der Waals surface area contributed by atoms with E-state index >= 15 is 0 Å². The Balaban J connectivity index is -0.000000144. The minimum Gasteiger partial charge on any atom is -0.380 e. The topological polar surface area (TPSA) is 185 Å². The van der Waals surface area contributed by atoms with E-state index in [0.717, 1.165) is 26.1 Å². The van der Waals surface area contributed by atoms with Gasteiger partial charge in [-0.25, -0.2) is 0 Å². The molecule has 0 aliphatic heterocycles. The summed E-state index contributed by atoms with van der Waals surface area (Å²) in [6.07, 6.45) is 2.10. The van der Waals surface area contributed by atoms with Crippen molar-refractivity contribution in [2.24, 2.45) is 11.5 Å². The third-order valence-electron chi connectivity index (χ3n) is 2.20. The van der Waals surface area contributed by atoms with Gasteiger partial charge in [0.05, 0.1) is 25.9 Å². The van der Waals surface area contributed by atoms with Crippen molar-refractivity contribution in [1.29, 1.82) is 0 Å². The molecule has 1 radical (unpaired) electrons. The summed E-state index contributed by atoms with van der Waals surface area (Å²) in [5.74, 6) is 0. The Bertz CT molecular complexity index is 192. The first kappa shape index (κ1) is 39.0. The van der Waals surface area contributed by atoms with Crippen molar-refractivity contribution < 1.29 is 46.9 Å². The number of hydrogen-bond donors (Lipinski definition) is 5. The molecule has 9 heteroatoms. The molecule has 0 aromatic rings. The second-order valence-corrected chi connectivity index (χ2v) is 4.96. The van der Waals surface area contributed by atoms with Gasteiger partial charge in [0, 0.05) is 58.0 Å². The average Bonchev–Trinajstić information content (AvgIpc) is 2.29. The van der Waals surface area contributed by atoms with Crippen LogP contribution in [0.4, 0.5) is 0 Å². The number of nitrogens with two attached hydrogens (primary N) is 2. The number of hydrogen-bond acceptors (Lipinski definition) is 8. The molecule has 0 rings (SSSR count). The molecule has 3 atom stereocenters. The van der Waals surface area contributed by atoms with Gasteiger partial charge >= 0.3 is 0 Å². The molecule has 0 amide bonds. The van der Waals surface area contributed by atoms with Gasteiger partial charge in [-0.2, -0.15) is 0 Å². The zero-order valence-corrected chi connectivity index (χ0v) is 17.6. The van der Waals surface area contributed by atoms with Crippen LogP contribution in [-0.2, 0) is 46.9 Å². The van der Waals surface area contributed by atoms with Gasteiger partial charge in [0.15, 0.2) is 0 Å². The smallest absolute Gasteiger partial charge is 0.0781 e. The van der Waals surface area contributed by atoms with Crippen LogP contribution in [0.2, 0.25) is 0 Å². The van der Waals surface area contributed by atoms with Crippen molar-refractivity contribution in [3.05, 3.63) is 0 Å². The first-order valence-corrected chi connectivity index (χ1v) is 6.80. The molecule has 0 saturated heterocycles. The van der Waals surface area contributed by atoms with E-state index in [1.807, 2.05) is 20.8 Å². The standard InChI is InChI=1S/C13H30N2O3.CH4.3H3N.Y/c1-11(14)8-16-6-4-5-7-17-10-13(3)18-9-12(2)15;;;;;/h11-13H,4-10,14-15H2,1-3H3;1H4;3*1H3;. The van der Waals surface area contributed by atoms with Gasteiger partial charge < -0.3 is 44.1 Å². The molecular formula is C14H43N5O3Y. The fourth-order valence-corrected chi connectivity index (χ4v) is 1.29. The van der Waals surface area contributed by atoms with Gasteiger partial charge in [-0.1, -0.05) is 7.43 Å². The Hall–Kier alpha value is 0.784. The van der Waals surface area contributed by atoms with Crippen molar-refractivity contribution in [2.45, 2.75) is 59.2 Å². The average molecular weight is 418 g/mol. The van der Waals surface area contributed by atoms with E-state index < -0.39 is 0 Å². The quantitative estimate of drug-likeness (QED) is 0.298. The van der Waals surface area contributed by atoms with E-state index in [9.17, 15) is 0 Å². The van der Waals surface area contributed by atoms with Crippen LogP contribution in [0.5, 0.6) is 0 Å². The van der Waals surface area contributed by atoms with Gasteiger partial charge in [-0.3, -0.25) is 0 Å². The third kappa shape index (κ3) is 34.9. The molecule has 0 saturated carbocycles. The Morgan fingerprint density at radius 1 is 0.739 bits per heavy atom. The second kappa shape index (κ2) is 27.6. The first-order chi connectivity index (χ1) is 8.52. The number of ether oxygens (including phenoxy) is 3. The molecule has 0 aliphatic rings. The van der Waals surface area contributed by atoms with Gasteiger partial charge in [-0.05, 0) is 33.6 Å². The normalized spacial score (nSPS) is 12.9. The van der Waals surface area contributed by atoms with E-state index in [1.165, 1.54) is 0 Å². The van der Waals surface area contributed by atoms with Crippen LogP contribution >= 0.6 is 0 Å². The summed E-state index contributed by atoms with van der Waals surface area (Å²) in [6.45, 7) is 9.18. The summed E-state index contributed by atoms with van der Waals surface area (Å²) in [6, 6.07) is 0.193. The van der Waals surface area contributed by atoms with E-state index in [2.05, 4.69) is 0 Å². The van der Waals surface area contributed by atoms with Crippen LogP contribution in [0, 0.1) is 0 Å². The summed E-state index contributed by atoms with van der Waals surface area (Å²) in [5, 5.41) is 0. The van der Waals surface area contributed by atoms with E-state index in [1.54, 1.807) is 0 Å². The van der Waals surface area contributed by atoms with Crippen LogP contribution < -0.4 is 29.9 Å². The number of rotatable bonds is 12. The van der Waals surface area contributed by atoms with Crippen molar-refractivity contribution >= 4 is 0 Å². The molecule has 13 N–H and O–H groups in total. The van der Waals surface area contributed by atoms with Crippen molar-refractivity contribution in [3.63, 3.8) is 0 Å². The molecule has 0 bridgehead atoms. The van der Waals surface area contributed by atoms with E-state index in [0.29, 0.717) is 19.8 Å². The minimum absolute atomic E-state index is 0. The fourth-order valence-electron chi connectivity index (χ4n) is 1.29.